The van der Waals surface area contributed by atoms with Gasteiger partial charge >= 0.3 is 0 Å². The standard InChI is InChI=1S/C19H18Cl2/c1-11-9-15-12(2)10-16(19(20)21)18(17(15)13(11)3)14-7-5-4-6-8-14/h4-8,10,19H,9H2,1-3H3. The van der Waals surface area contributed by atoms with Gasteiger partial charge < -0.3 is 0 Å². The highest BCUT2D eigenvalue weighted by Gasteiger charge is 2.26. The van der Waals surface area contributed by atoms with Gasteiger partial charge in [0.2, 0.25) is 0 Å². The largest absolute Gasteiger partial charge is 0.133 e. The van der Waals surface area contributed by atoms with Gasteiger partial charge in [0.25, 0.3) is 0 Å². The lowest BCUT2D eigenvalue weighted by Crippen LogP contribution is -1.99. The summed E-state index contributed by atoms with van der Waals surface area (Å²) < 4.78 is 0. The van der Waals surface area contributed by atoms with Crippen molar-refractivity contribution in [2.45, 2.75) is 32.0 Å². The van der Waals surface area contributed by atoms with E-state index in [4.69, 9.17) is 23.2 Å². The van der Waals surface area contributed by atoms with Gasteiger partial charge in [-0.15, -0.1) is 23.2 Å². The van der Waals surface area contributed by atoms with Crippen LogP contribution in [0.2, 0.25) is 0 Å². The molecule has 0 aromatic heterocycles. The van der Waals surface area contributed by atoms with Gasteiger partial charge in [0.05, 0.1) is 0 Å². The second kappa shape index (κ2) is 5.51. The molecule has 1 aliphatic carbocycles. The molecule has 0 bridgehead atoms. The van der Waals surface area contributed by atoms with Crippen molar-refractivity contribution in [3.05, 3.63) is 64.2 Å². The Morgan fingerprint density at radius 1 is 0.952 bits per heavy atom. The smallest absolute Gasteiger partial charge is 0.100 e. The molecule has 1 aliphatic rings. The summed E-state index contributed by atoms with van der Waals surface area (Å²) in [5, 5.41) is 0. The third-order valence-corrected chi connectivity index (χ3v) is 4.91. The van der Waals surface area contributed by atoms with Gasteiger partial charge in [0.1, 0.15) is 4.84 Å². The summed E-state index contributed by atoms with van der Waals surface area (Å²) in [6.45, 7) is 6.57. The van der Waals surface area contributed by atoms with E-state index in [0.29, 0.717) is 0 Å². The van der Waals surface area contributed by atoms with Crippen molar-refractivity contribution in [1.29, 1.82) is 0 Å². The van der Waals surface area contributed by atoms with E-state index in [1.54, 1.807) is 0 Å². The van der Waals surface area contributed by atoms with Crippen LogP contribution in [-0.4, -0.2) is 0 Å². The zero-order valence-electron chi connectivity index (χ0n) is 12.5. The molecule has 0 heterocycles. The number of fused-ring (bicyclic) bond motifs is 1. The van der Waals surface area contributed by atoms with Gasteiger partial charge in [-0.3, -0.25) is 0 Å². The summed E-state index contributed by atoms with van der Waals surface area (Å²) in [7, 11) is 0. The van der Waals surface area contributed by atoms with Crippen LogP contribution in [-0.2, 0) is 6.42 Å². The van der Waals surface area contributed by atoms with E-state index >= 15 is 0 Å². The maximum Gasteiger partial charge on any atom is 0.133 e. The van der Waals surface area contributed by atoms with Crippen LogP contribution >= 0.6 is 23.2 Å². The van der Waals surface area contributed by atoms with Crippen LogP contribution in [0.1, 0.15) is 40.9 Å². The number of halogens is 2. The van der Waals surface area contributed by atoms with Crippen molar-refractivity contribution in [2.75, 3.05) is 0 Å². The molecule has 0 aliphatic heterocycles. The number of hydrogen-bond donors (Lipinski definition) is 0. The molecule has 3 rings (SSSR count). The Balaban J connectivity index is 2.39. The molecule has 0 N–H and O–H groups in total. The maximum absolute atomic E-state index is 6.27. The highest BCUT2D eigenvalue weighted by atomic mass is 35.5. The first-order valence-corrected chi connectivity index (χ1v) is 8.04. The third-order valence-electron chi connectivity index (χ3n) is 4.44. The van der Waals surface area contributed by atoms with E-state index in [9.17, 15) is 0 Å². The van der Waals surface area contributed by atoms with Crippen molar-refractivity contribution in [3.8, 4) is 11.1 Å². The monoisotopic (exact) mass is 316 g/mol. The highest BCUT2D eigenvalue weighted by molar-refractivity contribution is 6.44. The van der Waals surface area contributed by atoms with Crippen LogP contribution in [0.5, 0.6) is 0 Å². The maximum atomic E-state index is 6.27. The Morgan fingerprint density at radius 3 is 2.24 bits per heavy atom. The average molecular weight is 317 g/mol. The number of hydrogen-bond acceptors (Lipinski definition) is 0. The molecular weight excluding hydrogens is 299 g/mol. The molecule has 0 fully saturated rings. The quantitative estimate of drug-likeness (QED) is 0.555. The topological polar surface area (TPSA) is 0 Å². The number of allylic oxidation sites excluding steroid dienone is 2. The predicted molar refractivity (Wildman–Crippen MR) is 93.0 cm³/mol. The molecule has 108 valence electrons. The lowest BCUT2D eigenvalue weighted by atomic mass is 9.88. The van der Waals surface area contributed by atoms with Crippen LogP contribution < -0.4 is 0 Å². The van der Waals surface area contributed by atoms with Gasteiger partial charge in [-0.2, -0.15) is 0 Å². The Bertz CT molecular complexity index is 725. The molecular formula is C19H18Cl2. The van der Waals surface area contributed by atoms with Gasteiger partial charge in [0.15, 0.2) is 0 Å². The first-order chi connectivity index (χ1) is 10.0. The van der Waals surface area contributed by atoms with E-state index in [1.807, 2.05) is 6.07 Å². The Morgan fingerprint density at radius 2 is 1.62 bits per heavy atom. The second-order valence-electron chi connectivity index (χ2n) is 5.76. The summed E-state index contributed by atoms with van der Waals surface area (Å²) >= 11 is 12.5. The minimum absolute atomic E-state index is 0.516. The van der Waals surface area contributed by atoms with E-state index in [1.165, 1.54) is 39.0 Å². The first-order valence-electron chi connectivity index (χ1n) is 7.17. The van der Waals surface area contributed by atoms with Crippen LogP contribution in [0.25, 0.3) is 16.7 Å². The zero-order chi connectivity index (χ0) is 15.1. The van der Waals surface area contributed by atoms with Gasteiger partial charge in [0, 0.05) is 0 Å². The molecule has 0 atom stereocenters. The Kier molecular flexibility index (Phi) is 3.86. The molecule has 2 heteroatoms. The molecule has 21 heavy (non-hydrogen) atoms. The fraction of sp³-hybridized carbons (Fsp3) is 0.263. The van der Waals surface area contributed by atoms with Crippen LogP contribution in [0.15, 0.2) is 42.0 Å². The minimum Gasteiger partial charge on any atom is -0.100 e. The van der Waals surface area contributed by atoms with Crippen LogP contribution in [0.3, 0.4) is 0 Å². The SMILES string of the molecule is CC1=C(C)c2c(c(C)cc(C(Cl)Cl)c2-c2ccccc2)C1. The van der Waals surface area contributed by atoms with Crippen molar-refractivity contribution >= 4 is 28.8 Å². The van der Waals surface area contributed by atoms with Crippen molar-refractivity contribution in [3.63, 3.8) is 0 Å². The second-order valence-corrected chi connectivity index (χ2v) is 6.86. The Hall–Kier alpha value is -1.24. The van der Waals surface area contributed by atoms with Crippen LogP contribution in [0, 0.1) is 6.92 Å². The van der Waals surface area contributed by atoms with Crippen LogP contribution in [0.4, 0.5) is 0 Å². The summed E-state index contributed by atoms with van der Waals surface area (Å²) in [5.41, 5.74) is 10.2. The first kappa shape index (κ1) is 14.7. The lowest BCUT2D eigenvalue weighted by molar-refractivity contribution is 1.15. The van der Waals surface area contributed by atoms with E-state index in [0.717, 1.165) is 12.0 Å². The summed E-state index contributed by atoms with van der Waals surface area (Å²) in [6, 6.07) is 12.6. The molecule has 0 saturated heterocycles. The molecule has 0 unspecified atom stereocenters. The number of benzene rings is 2. The summed E-state index contributed by atoms with van der Waals surface area (Å²) in [5.74, 6) is 0. The summed E-state index contributed by atoms with van der Waals surface area (Å²) in [4.78, 5) is -0.516. The van der Waals surface area contributed by atoms with E-state index in [-0.39, 0.29) is 0 Å². The van der Waals surface area contributed by atoms with Crippen molar-refractivity contribution < 1.29 is 0 Å². The number of aryl methyl sites for hydroxylation is 1. The molecule has 2 aromatic rings. The molecule has 0 amide bonds. The number of rotatable bonds is 2. The molecule has 0 nitrogen and oxygen atoms in total. The third kappa shape index (κ3) is 2.41. The number of alkyl halides is 2. The summed E-state index contributed by atoms with van der Waals surface area (Å²) in [6.07, 6.45) is 1.03. The van der Waals surface area contributed by atoms with E-state index in [2.05, 4.69) is 51.1 Å². The highest BCUT2D eigenvalue weighted by Crippen LogP contribution is 2.46. The normalized spacial score (nSPS) is 14.0. The fourth-order valence-corrected chi connectivity index (χ4v) is 3.57. The lowest BCUT2D eigenvalue weighted by Gasteiger charge is -2.19. The molecule has 0 spiro atoms. The average Bonchev–Trinajstić information content (AvgIpc) is 2.77. The fourth-order valence-electron chi connectivity index (χ4n) is 3.23. The van der Waals surface area contributed by atoms with Gasteiger partial charge in [-0.05, 0) is 66.1 Å². The van der Waals surface area contributed by atoms with E-state index < -0.39 is 4.84 Å². The zero-order valence-corrected chi connectivity index (χ0v) is 14.0. The molecule has 0 saturated carbocycles. The molecule has 2 aromatic carbocycles. The predicted octanol–water partition coefficient (Wildman–Crippen LogP) is 6.49. The van der Waals surface area contributed by atoms with Crippen molar-refractivity contribution in [2.24, 2.45) is 0 Å². The van der Waals surface area contributed by atoms with Gasteiger partial charge in [-0.1, -0.05) is 42.0 Å². The van der Waals surface area contributed by atoms with Crippen molar-refractivity contribution in [1.82, 2.24) is 0 Å². The molecule has 0 radical (unpaired) electrons. The van der Waals surface area contributed by atoms with Gasteiger partial charge in [-0.25, -0.2) is 0 Å². The minimum atomic E-state index is -0.516. The Labute approximate surface area is 136 Å².